The average molecular weight is 353 g/mol. The summed E-state index contributed by atoms with van der Waals surface area (Å²) in [4.78, 5) is 12.1. The van der Waals surface area contributed by atoms with Crippen LogP contribution in [0.5, 0.6) is 0 Å². The molecule has 138 valence electrons. The maximum Gasteiger partial charge on any atom is 0.287 e. The molecule has 1 aromatic rings. The second-order valence-corrected chi connectivity index (χ2v) is 7.40. The van der Waals surface area contributed by atoms with Gasteiger partial charge in [-0.05, 0) is 39.8 Å². The van der Waals surface area contributed by atoms with E-state index in [1.54, 1.807) is 12.1 Å². The maximum atomic E-state index is 12.1. The molecule has 8 heteroatoms. The van der Waals surface area contributed by atoms with Crippen molar-refractivity contribution >= 4 is 5.91 Å². The van der Waals surface area contributed by atoms with Crippen LogP contribution in [0.3, 0.4) is 0 Å². The Morgan fingerprint density at radius 3 is 2.44 bits per heavy atom. The van der Waals surface area contributed by atoms with Crippen molar-refractivity contribution in [1.29, 1.82) is 0 Å². The number of amides is 1. The van der Waals surface area contributed by atoms with Gasteiger partial charge in [-0.3, -0.25) is 4.79 Å². The fourth-order valence-corrected chi connectivity index (χ4v) is 3.55. The fraction of sp³-hybridized carbons (Fsp3) is 0.706. The number of hydrogen-bond donors (Lipinski definition) is 1. The van der Waals surface area contributed by atoms with E-state index in [4.69, 9.17) is 28.1 Å². The molecule has 8 nitrogen and oxygen atoms in total. The zero-order chi connectivity index (χ0) is 17.8. The predicted molar refractivity (Wildman–Crippen MR) is 83.6 cm³/mol. The molecule has 0 unspecified atom stereocenters. The first-order valence-corrected chi connectivity index (χ1v) is 8.43. The summed E-state index contributed by atoms with van der Waals surface area (Å²) in [7, 11) is 0. The molecule has 0 aliphatic carbocycles. The zero-order valence-electron chi connectivity index (χ0n) is 14.7. The van der Waals surface area contributed by atoms with Crippen LogP contribution in [0.1, 0.15) is 38.2 Å². The van der Waals surface area contributed by atoms with E-state index in [0.717, 1.165) is 0 Å². The second-order valence-electron chi connectivity index (χ2n) is 7.40. The van der Waals surface area contributed by atoms with Gasteiger partial charge in [0, 0.05) is 6.54 Å². The third-order valence-corrected chi connectivity index (χ3v) is 4.46. The molecule has 1 amide bonds. The minimum absolute atomic E-state index is 0.243. The summed E-state index contributed by atoms with van der Waals surface area (Å²) >= 11 is 0. The van der Waals surface area contributed by atoms with Crippen LogP contribution >= 0.6 is 0 Å². The predicted octanol–water partition coefficient (Wildman–Crippen LogP) is 1.41. The van der Waals surface area contributed by atoms with Crippen molar-refractivity contribution in [3.05, 3.63) is 24.2 Å². The van der Waals surface area contributed by atoms with E-state index in [2.05, 4.69) is 5.32 Å². The lowest BCUT2D eigenvalue weighted by atomic mass is 9.99. The Morgan fingerprint density at radius 2 is 1.72 bits per heavy atom. The fourth-order valence-electron chi connectivity index (χ4n) is 3.55. The first kappa shape index (κ1) is 17.0. The van der Waals surface area contributed by atoms with Crippen molar-refractivity contribution in [2.24, 2.45) is 0 Å². The summed E-state index contributed by atoms with van der Waals surface area (Å²) in [5, 5.41) is 2.81. The molecule has 1 aromatic heterocycles. The minimum atomic E-state index is -0.762. The molecule has 0 radical (unpaired) electrons. The Kier molecular flexibility index (Phi) is 3.93. The largest absolute Gasteiger partial charge is 0.459 e. The molecule has 1 N–H and O–H groups in total. The summed E-state index contributed by atoms with van der Waals surface area (Å²) in [6.45, 7) is 7.60. The molecule has 0 spiro atoms. The number of fused-ring (bicyclic) bond motifs is 3. The van der Waals surface area contributed by atoms with E-state index in [0.29, 0.717) is 0 Å². The Morgan fingerprint density at radius 1 is 1.04 bits per heavy atom. The number of rotatable bonds is 3. The second kappa shape index (κ2) is 5.78. The van der Waals surface area contributed by atoms with E-state index in [-0.39, 0.29) is 36.5 Å². The Bertz CT molecular complexity index is 641. The number of furan rings is 1. The van der Waals surface area contributed by atoms with Crippen LogP contribution in [-0.2, 0) is 23.7 Å². The van der Waals surface area contributed by atoms with Crippen molar-refractivity contribution in [1.82, 2.24) is 5.32 Å². The van der Waals surface area contributed by atoms with Crippen LogP contribution in [-0.4, -0.2) is 54.7 Å². The Labute approximate surface area is 145 Å². The third kappa shape index (κ3) is 3.20. The highest BCUT2D eigenvalue weighted by Crippen LogP contribution is 2.43. The smallest absolute Gasteiger partial charge is 0.287 e. The number of carbonyl (C=O) groups is 1. The maximum absolute atomic E-state index is 12.1. The molecule has 3 aliphatic rings. The van der Waals surface area contributed by atoms with Gasteiger partial charge in [-0.15, -0.1) is 0 Å². The number of ether oxygens (including phenoxy) is 5. The zero-order valence-corrected chi connectivity index (χ0v) is 14.7. The van der Waals surface area contributed by atoms with Crippen LogP contribution in [0.15, 0.2) is 22.8 Å². The van der Waals surface area contributed by atoms with Crippen LogP contribution < -0.4 is 5.32 Å². The highest BCUT2D eigenvalue weighted by molar-refractivity contribution is 5.91. The van der Waals surface area contributed by atoms with Gasteiger partial charge in [0.25, 0.3) is 5.91 Å². The lowest BCUT2D eigenvalue weighted by molar-refractivity contribution is -0.232. The SMILES string of the molecule is CC1(C)O[C@@H]2[C@@H](O1)[C@H](CNC(=O)c1ccco1)O[C@@H]1OC(C)(C)O[C@@H]12. The molecule has 3 saturated heterocycles. The lowest BCUT2D eigenvalue weighted by Crippen LogP contribution is -2.57. The van der Waals surface area contributed by atoms with Crippen molar-refractivity contribution in [2.45, 2.75) is 70.0 Å². The van der Waals surface area contributed by atoms with Crippen molar-refractivity contribution in [3.63, 3.8) is 0 Å². The third-order valence-electron chi connectivity index (χ3n) is 4.46. The van der Waals surface area contributed by atoms with E-state index in [9.17, 15) is 4.79 Å². The van der Waals surface area contributed by atoms with Gasteiger partial charge in [0.2, 0.25) is 0 Å². The molecule has 0 aromatic carbocycles. The van der Waals surface area contributed by atoms with Crippen molar-refractivity contribution in [3.8, 4) is 0 Å². The van der Waals surface area contributed by atoms with E-state index in [1.807, 2.05) is 27.7 Å². The van der Waals surface area contributed by atoms with E-state index in [1.165, 1.54) is 6.26 Å². The molecule has 3 aliphatic heterocycles. The molecule has 0 saturated carbocycles. The van der Waals surface area contributed by atoms with Crippen LogP contribution in [0.4, 0.5) is 0 Å². The molecular weight excluding hydrogens is 330 g/mol. The summed E-state index contributed by atoms with van der Waals surface area (Å²) in [6, 6.07) is 3.26. The van der Waals surface area contributed by atoms with Gasteiger partial charge >= 0.3 is 0 Å². The van der Waals surface area contributed by atoms with Gasteiger partial charge in [-0.1, -0.05) is 0 Å². The highest BCUT2D eigenvalue weighted by Gasteiger charge is 2.60. The van der Waals surface area contributed by atoms with Gasteiger partial charge in [0.15, 0.2) is 23.6 Å². The lowest BCUT2D eigenvalue weighted by Gasteiger charge is -2.37. The molecule has 0 bridgehead atoms. The summed E-state index contributed by atoms with van der Waals surface area (Å²) in [6.07, 6.45) is -0.622. The van der Waals surface area contributed by atoms with Crippen LogP contribution in [0.2, 0.25) is 0 Å². The van der Waals surface area contributed by atoms with Gasteiger partial charge in [0.05, 0.1) is 6.26 Å². The number of hydrogen-bond acceptors (Lipinski definition) is 7. The first-order chi connectivity index (χ1) is 11.7. The van der Waals surface area contributed by atoms with Crippen LogP contribution in [0, 0.1) is 0 Å². The van der Waals surface area contributed by atoms with Gasteiger partial charge in [-0.25, -0.2) is 0 Å². The average Bonchev–Trinajstić information content (AvgIpc) is 3.19. The normalized spacial score (nSPS) is 38.2. The topological polar surface area (TPSA) is 88.4 Å². The van der Waals surface area contributed by atoms with Gasteiger partial charge in [0.1, 0.15) is 24.4 Å². The monoisotopic (exact) mass is 353 g/mol. The summed E-state index contributed by atoms with van der Waals surface area (Å²) in [5.41, 5.74) is 0. The summed E-state index contributed by atoms with van der Waals surface area (Å²) < 4.78 is 34.9. The molecule has 4 heterocycles. The molecule has 25 heavy (non-hydrogen) atoms. The van der Waals surface area contributed by atoms with E-state index >= 15 is 0 Å². The number of nitrogens with one attached hydrogen (secondary N) is 1. The van der Waals surface area contributed by atoms with Gasteiger partial charge in [-0.2, -0.15) is 0 Å². The highest BCUT2D eigenvalue weighted by atomic mass is 16.9. The van der Waals surface area contributed by atoms with E-state index < -0.39 is 24.0 Å². The summed E-state index contributed by atoms with van der Waals surface area (Å²) in [5.74, 6) is -1.58. The number of carbonyl (C=O) groups excluding carboxylic acids is 1. The Hall–Kier alpha value is -1.45. The molecule has 3 fully saturated rings. The standard InChI is InChI=1S/C17H23NO7/c1-16(2)22-11-10(8-18-14(19)9-6-5-7-20-9)21-15-13(12(11)23-16)24-17(3,4)25-15/h5-7,10-13,15H,8H2,1-4H3,(H,18,19)/t10-,11-,12+,13+,15+/m0/s1. The van der Waals surface area contributed by atoms with Crippen molar-refractivity contribution < 1.29 is 32.9 Å². The quantitative estimate of drug-likeness (QED) is 0.879. The molecular formula is C17H23NO7. The molecule has 5 atom stereocenters. The van der Waals surface area contributed by atoms with Gasteiger partial charge < -0.3 is 33.4 Å². The Balaban J connectivity index is 1.49. The van der Waals surface area contributed by atoms with Crippen LogP contribution in [0.25, 0.3) is 0 Å². The minimum Gasteiger partial charge on any atom is -0.459 e. The first-order valence-electron chi connectivity index (χ1n) is 8.43. The van der Waals surface area contributed by atoms with Crippen molar-refractivity contribution in [2.75, 3.05) is 6.54 Å². The molecule has 4 rings (SSSR count).